The number of anilines is 2. The molecule has 0 aromatic carbocycles. The van der Waals surface area contributed by atoms with Gasteiger partial charge in [-0.25, -0.2) is 4.98 Å². The van der Waals surface area contributed by atoms with Crippen molar-refractivity contribution in [2.24, 2.45) is 17.8 Å². The van der Waals surface area contributed by atoms with Crippen molar-refractivity contribution >= 4 is 17.5 Å². The molecule has 0 radical (unpaired) electrons. The smallest absolute Gasteiger partial charge is 0.433 e. The molecule has 3 aliphatic rings. The topological polar surface area (TPSA) is 80.5 Å². The molecule has 9 heteroatoms. The van der Waals surface area contributed by atoms with Crippen LogP contribution >= 0.6 is 0 Å². The summed E-state index contributed by atoms with van der Waals surface area (Å²) in [6.07, 6.45) is -3.65. The SMILES string of the molecule is C[C@H]1CCN1c1nc(C(F)(F)F)cc(N2C[C@@H]3[C@@H](CC(=O)O)[C@@H]3C2)c1C#N. The fraction of sp³-hybridized carbons (Fsp3) is 0.611. The average molecular weight is 380 g/mol. The van der Waals surface area contributed by atoms with Gasteiger partial charge in [-0.05, 0) is 37.2 Å². The van der Waals surface area contributed by atoms with Gasteiger partial charge in [-0.1, -0.05) is 0 Å². The first kappa shape index (κ1) is 17.9. The number of piperidine rings is 1. The number of pyridine rings is 1. The van der Waals surface area contributed by atoms with E-state index in [2.05, 4.69) is 11.1 Å². The molecular formula is C18H19F3N4O2. The number of aromatic nitrogens is 1. The van der Waals surface area contributed by atoms with Crippen LogP contribution in [0.2, 0.25) is 0 Å². The molecule has 27 heavy (non-hydrogen) atoms. The average Bonchev–Trinajstić information content (AvgIpc) is 3.02. The van der Waals surface area contributed by atoms with Gasteiger partial charge in [-0.15, -0.1) is 0 Å². The molecule has 0 spiro atoms. The molecule has 6 nitrogen and oxygen atoms in total. The first-order valence-electron chi connectivity index (χ1n) is 8.96. The Morgan fingerprint density at radius 1 is 1.41 bits per heavy atom. The van der Waals surface area contributed by atoms with Crippen molar-refractivity contribution in [1.29, 1.82) is 5.26 Å². The molecule has 144 valence electrons. The molecule has 4 rings (SSSR count). The highest BCUT2D eigenvalue weighted by molar-refractivity contribution is 5.73. The van der Waals surface area contributed by atoms with Gasteiger partial charge in [0.25, 0.3) is 0 Å². The number of fused-ring (bicyclic) bond motifs is 1. The maximum atomic E-state index is 13.4. The van der Waals surface area contributed by atoms with Gasteiger partial charge >= 0.3 is 12.1 Å². The van der Waals surface area contributed by atoms with Crippen LogP contribution in [-0.2, 0) is 11.0 Å². The summed E-state index contributed by atoms with van der Waals surface area (Å²) in [5.74, 6) is -0.328. The van der Waals surface area contributed by atoms with Gasteiger partial charge in [0.2, 0.25) is 0 Å². The van der Waals surface area contributed by atoms with E-state index in [1.807, 2.05) is 6.92 Å². The predicted octanol–water partition coefficient (Wildman–Crippen LogP) is 2.73. The molecule has 1 saturated carbocycles. The van der Waals surface area contributed by atoms with Gasteiger partial charge in [0.1, 0.15) is 23.1 Å². The van der Waals surface area contributed by atoms with Crippen LogP contribution in [0.1, 0.15) is 31.0 Å². The maximum absolute atomic E-state index is 13.4. The summed E-state index contributed by atoms with van der Waals surface area (Å²) in [6.45, 7) is 3.44. The van der Waals surface area contributed by atoms with Gasteiger partial charge in [0.15, 0.2) is 0 Å². The summed E-state index contributed by atoms with van der Waals surface area (Å²) in [6, 6.07) is 3.07. The Morgan fingerprint density at radius 3 is 2.52 bits per heavy atom. The van der Waals surface area contributed by atoms with E-state index in [-0.39, 0.29) is 47.3 Å². The summed E-state index contributed by atoms with van der Waals surface area (Å²) in [4.78, 5) is 18.2. The van der Waals surface area contributed by atoms with E-state index in [1.54, 1.807) is 9.80 Å². The number of nitriles is 1. The molecule has 1 aliphatic carbocycles. The zero-order valence-electron chi connectivity index (χ0n) is 14.7. The first-order valence-corrected chi connectivity index (χ1v) is 8.96. The minimum Gasteiger partial charge on any atom is -0.481 e. The number of halogens is 3. The second-order valence-corrected chi connectivity index (χ2v) is 7.66. The van der Waals surface area contributed by atoms with Gasteiger partial charge in [0.05, 0.1) is 5.69 Å². The molecule has 3 fully saturated rings. The zero-order valence-corrected chi connectivity index (χ0v) is 14.7. The number of carbonyl (C=O) groups is 1. The third kappa shape index (κ3) is 2.97. The molecule has 1 aromatic heterocycles. The fourth-order valence-corrected chi connectivity index (χ4v) is 4.41. The monoisotopic (exact) mass is 380 g/mol. The molecule has 0 unspecified atom stereocenters. The maximum Gasteiger partial charge on any atom is 0.433 e. The van der Waals surface area contributed by atoms with E-state index >= 15 is 0 Å². The van der Waals surface area contributed by atoms with Crippen molar-refractivity contribution < 1.29 is 23.1 Å². The van der Waals surface area contributed by atoms with Crippen LogP contribution in [0.25, 0.3) is 0 Å². The lowest BCUT2D eigenvalue weighted by Gasteiger charge is -2.41. The van der Waals surface area contributed by atoms with E-state index in [0.29, 0.717) is 19.6 Å². The second-order valence-electron chi connectivity index (χ2n) is 7.66. The van der Waals surface area contributed by atoms with Crippen LogP contribution in [0, 0.1) is 29.1 Å². The van der Waals surface area contributed by atoms with Crippen molar-refractivity contribution in [3.63, 3.8) is 0 Å². The highest BCUT2D eigenvalue weighted by Crippen LogP contribution is 2.55. The highest BCUT2D eigenvalue weighted by atomic mass is 19.4. The lowest BCUT2D eigenvalue weighted by Crippen LogP contribution is -2.47. The normalized spacial score (nSPS) is 29.1. The Bertz CT molecular complexity index is 823. The summed E-state index contributed by atoms with van der Waals surface area (Å²) in [5.41, 5.74) is -0.561. The van der Waals surface area contributed by atoms with Gasteiger partial charge < -0.3 is 14.9 Å². The quantitative estimate of drug-likeness (QED) is 0.865. The molecule has 1 N–H and O–H groups in total. The summed E-state index contributed by atoms with van der Waals surface area (Å²) in [5, 5.41) is 18.6. The van der Waals surface area contributed by atoms with E-state index in [1.165, 1.54) is 0 Å². The van der Waals surface area contributed by atoms with Crippen LogP contribution in [0.3, 0.4) is 0 Å². The number of carboxylic acid groups (broad SMARTS) is 1. The van der Waals surface area contributed by atoms with Gasteiger partial charge in [0, 0.05) is 32.1 Å². The largest absolute Gasteiger partial charge is 0.481 e. The summed E-state index contributed by atoms with van der Waals surface area (Å²) < 4.78 is 40.2. The van der Waals surface area contributed by atoms with E-state index in [4.69, 9.17) is 5.11 Å². The Balaban J connectivity index is 1.67. The van der Waals surface area contributed by atoms with Crippen LogP contribution in [0.15, 0.2) is 6.07 Å². The van der Waals surface area contributed by atoms with Crippen LogP contribution in [0.5, 0.6) is 0 Å². The first-order chi connectivity index (χ1) is 12.7. The van der Waals surface area contributed by atoms with Crippen LogP contribution in [-0.4, -0.2) is 41.7 Å². The summed E-state index contributed by atoms with van der Waals surface area (Å²) >= 11 is 0. The Hall–Kier alpha value is -2.50. The Labute approximate surface area is 154 Å². The molecule has 4 atom stereocenters. The van der Waals surface area contributed by atoms with E-state index in [0.717, 1.165) is 12.5 Å². The summed E-state index contributed by atoms with van der Waals surface area (Å²) in [7, 11) is 0. The lowest BCUT2D eigenvalue weighted by molar-refractivity contribution is -0.141. The van der Waals surface area contributed by atoms with Gasteiger partial charge in [-0.2, -0.15) is 18.4 Å². The number of nitrogens with zero attached hydrogens (tertiary/aromatic N) is 4. The van der Waals surface area contributed by atoms with Crippen molar-refractivity contribution in [3.05, 3.63) is 17.3 Å². The minimum atomic E-state index is -4.60. The molecular weight excluding hydrogens is 361 g/mol. The molecule has 0 amide bonds. The standard InChI is InChI=1S/C18H19F3N4O2/c1-9-2-3-25(9)17-11(6-22)14(5-15(23-17)18(19,20)21)24-7-12-10(4-16(26)27)13(12)8-24/h5,9-10,12-13H,2-4,7-8H2,1H3,(H,26,27)/t9-,10-,12-,13+/m0/s1. The number of hydrogen-bond donors (Lipinski definition) is 1. The van der Waals surface area contributed by atoms with Crippen LogP contribution in [0.4, 0.5) is 24.7 Å². The van der Waals surface area contributed by atoms with Crippen LogP contribution < -0.4 is 9.80 Å². The predicted molar refractivity (Wildman–Crippen MR) is 90.3 cm³/mol. The number of aliphatic carboxylic acids is 1. The minimum absolute atomic E-state index is 0.0489. The number of alkyl halides is 3. The van der Waals surface area contributed by atoms with Crippen molar-refractivity contribution in [1.82, 2.24) is 4.98 Å². The number of hydrogen-bond acceptors (Lipinski definition) is 5. The molecule has 2 aliphatic heterocycles. The Morgan fingerprint density at radius 2 is 2.07 bits per heavy atom. The number of rotatable bonds is 4. The molecule has 2 saturated heterocycles. The van der Waals surface area contributed by atoms with E-state index < -0.39 is 17.8 Å². The molecule has 0 bridgehead atoms. The highest BCUT2D eigenvalue weighted by Gasteiger charge is 2.56. The zero-order chi connectivity index (χ0) is 19.5. The second kappa shape index (κ2) is 6.01. The fourth-order valence-electron chi connectivity index (χ4n) is 4.41. The van der Waals surface area contributed by atoms with Crippen molar-refractivity contribution in [2.75, 3.05) is 29.4 Å². The molecule has 1 aromatic rings. The van der Waals surface area contributed by atoms with Crippen molar-refractivity contribution in [3.8, 4) is 6.07 Å². The number of carboxylic acids is 1. The lowest BCUT2D eigenvalue weighted by atomic mass is 10.0. The third-order valence-corrected chi connectivity index (χ3v) is 6.10. The van der Waals surface area contributed by atoms with E-state index in [9.17, 15) is 23.2 Å². The third-order valence-electron chi connectivity index (χ3n) is 6.10. The molecule has 3 heterocycles. The Kier molecular flexibility index (Phi) is 3.98. The van der Waals surface area contributed by atoms with Crippen molar-refractivity contribution in [2.45, 2.75) is 32.0 Å². The van der Waals surface area contributed by atoms with Gasteiger partial charge in [-0.3, -0.25) is 4.79 Å².